The van der Waals surface area contributed by atoms with Gasteiger partial charge in [0.05, 0.1) is 0 Å². The van der Waals surface area contributed by atoms with Gasteiger partial charge < -0.3 is 11.1 Å². The standard InChI is InChI=1S/C10H12N2S/c1-12-5-7-6-13-10-3-2-8(11)4-9(7)10/h2-4,6,12H,5,11H2,1H3. The van der Waals surface area contributed by atoms with Crippen molar-refractivity contribution in [1.82, 2.24) is 5.32 Å². The van der Waals surface area contributed by atoms with Crippen LogP contribution in [0.15, 0.2) is 23.6 Å². The Balaban J connectivity index is 2.58. The van der Waals surface area contributed by atoms with E-state index in [1.165, 1.54) is 15.6 Å². The van der Waals surface area contributed by atoms with Gasteiger partial charge in [0.25, 0.3) is 0 Å². The zero-order valence-electron chi connectivity index (χ0n) is 7.50. The Labute approximate surface area is 81.4 Å². The minimum Gasteiger partial charge on any atom is -0.399 e. The molecule has 0 aliphatic heterocycles. The van der Waals surface area contributed by atoms with Crippen LogP contribution < -0.4 is 11.1 Å². The van der Waals surface area contributed by atoms with Gasteiger partial charge in [0, 0.05) is 16.9 Å². The van der Waals surface area contributed by atoms with Crippen molar-refractivity contribution in [3.63, 3.8) is 0 Å². The molecule has 2 rings (SSSR count). The van der Waals surface area contributed by atoms with Gasteiger partial charge in [-0.1, -0.05) is 0 Å². The molecule has 0 unspecified atom stereocenters. The Hall–Kier alpha value is -1.06. The molecular formula is C10H12N2S. The third-order valence-corrected chi connectivity index (χ3v) is 3.06. The Bertz CT molecular complexity index is 420. The van der Waals surface area contributed by atoms with Crippen molar-refractivity contribution in [2.45, 2.75) is 6.54 Å². The molecule has 13 heavy (non-hydrogen) atoms. The maximum atomic E-state index is 5.73. The average molecular weight is 192 g/mol. The molecular weight excluding hydrogens is 180 g/mol. The third-order valence-electron chi connectivity index (χ3n) is 2.04. The SMILES string of the molecule is CNCc1csc2ccc(N)cc12. The summed E-state index contributed by atoms with van der Waals surface area (Å²) in [6.07, 6.45) is 0. The van der Waals surface area contributed by atoms with E-state index in [2.05, 4.69) is 16.8 Å². The number of benzene rings is 1. The lowest BCUT2D eigenvalue weighted by atomic mass is 10.1. The summed E-state index contributed by atoms with van der Waals surface area (Å²) in [6.45, 7) is 0.906. The first-order valence-electron chi connectivity index (χ1n) is 4.21. The molecule has 0 atom stereocenters. The number of thiophene rings is 1. The lowest BCUT2D eigenvalue weighted by molar-refractivity contribution is 0.826. The number of hydrogen-bond acceptors (Lipinski definition) is 3. The van der Waals surface area contributed by atoms with Crippen LogP contribution >= 0.6 is 11.3 Å². The second-order valence-electron chi connectivity index (χ2n) is 3.05. The molecule has 0 bridgehead atoms. The molecule has 0 radical (unpaired) electrons. The fourth-order valence-corrected chi connectivity index (χ4v) is 2.37. The largest absolute Gasteiger partial charge is 0.399 e. The zero-order chi connectivity index (χ0) is 9.26. The van der Waals surface area contributed by atoms with Crippen molar-refractivity contribution in [3.8, 4) is 0 Å². The van der Waals surface area contributed by atoms with Crippen LogP contribution in [0.3, 0.4) is 0 Å². The molecule has 2 nitrogen and oxygen atoms in total. The van der Waals surface area contributed by atoms with Crippen LogP contribution in [0.5, 0.6) is 0 Å². The highest BCUT2D eigenvalue weighted by molar-refractivity contribution is 7.17. The minimum atomic E-state index is 0.836. The first-order valence-corrected chi connectivity index (χ1v) is 5.09. The summed E-state index contributed by atoms with van der Waals surface area (Å²) < 4.78 is 1.31. The van der Waals surface area contributed by atoms with E-state index in [0.717, 1.165) is 12.2 Å². The molecule has 0 amide bonds. The third kappa shape index (κ3) is 1.53. The summed E-state index contributed by atoms with van der Waals surface area (Å²) in [5, 5.41) is 6.61. The molecule has 3 N–H and O–H groups in total. The zero-order valence-corrected chi connectivity index (χ0v) is 8.32. The molecule has 0 saturated carbocycles. The molecule has 0 aliphatic carbocycles. The number of rotatable bonds is 2. The summed E-state index contributed by atoms with van der Waals surface area (Å²) in [5.74, 6) is 0. The van der Waals surface area contributed by atoms with Gasteiger partial charge >= 0.3 is 0 Å². The van der Waals surface area contributed by atoms with E-state index in [1.54, 1.807) is 11.3 Å². The van der Waals surface area contributed by atoms with Crippen LogP contribution in [-0.2, 0) is 6.54 Å². The van der Waals surface area contributed by atoms with Gasteiger partial charge in [-0.2, -0.15) is 0 Å². The van der Waals surface area contributed by atoms with Crippen molar-refractivity contribution in [2.75, 3.05) is 12.8 Å². The highest BCUT2D eigenvalue weighted by atomic mass is 32.1. The lowest BCUT2D eigenvalue weighted by Crippen LogP contribution is -2.03. The van der Waals surface area contributed by atoms with Gasteiger partial charge in [-0.05, 0) is 41.6 Å². The topological polar surface area (TPSA) is 38.0 Å². The van der Waals surface area contributed by atoms with Gasteiger partial charge in [0.15, 0.2) is 0 Å². The molecule has 3 heteroatoms. The van der Waals surface area contributed by atoms with E-state index < -0.39 is 0 Å². The summed E-state index contributed by atoms with van der Waals surface area (Å²) in [4.78, 5) is 0. The molecule has 0 aliphatic rings. The van der Waals surface area contributed by atoms with Gasteiger partial charge in [0.1, 0.15) is 0 Å². The molecule has 1 heterocycles. The quantitative estimate of drug-likeness (QED) is 0.716. The maximum Gasteiger partial charge on any atom is 0.0347 e. The average Bonchev–Trinajstić information content (AvgIpc) is 2.49. The van der Waals surface area contributed by atoms with Crippen LogP contribution in [0.2, 0.25) is 0 Å². The van der Waals surface area contributed by atoms with Crippen molar-refractivity contribution >= 4 is 27.1 Å². The summed E-state index contributed by atoms with van der Waals surface area (Å²) in [5.41, 5.74) is 7.90. The highest BCUT2D eigenvalue weighted by Gasteiger charge is 2.02. The smallest absolute Gasteiger partial charge is 0.0347 e. The van der Waals surface area contributed by atoms with Crippen molar-refractivity contribution < 1.29 is 0 Å². The fourth-order valence-electron chi connectivity index (χ4n) is 1.43. The Kier molecular flexibility index (Phi) is 2.20. The van der Waals surface area contributed by atoms with Crippen molar-refractivity contribution in [1.29, 1.82) is 0 Å². The predicted molar refractivity (Wildman–Crippen MR) is 59.0 cm³/mol. The molecule has 68 valence electrons. The van der Waals surface area contributed by atoms with Crippen molar-refractivity contribution in [2.24, 2.45) is 0 Å². The number of nitrogens with one attached hydrogen (secondary N) is 1. The van der Waals surface area contributed by atoms with Gasteiger partial charge in [0.2, 0.25) is 0 Å². The number of anilines is 1. The van der Waals surface area contributed by atoms with Crippen LogP contribution in [0.1, 0.15) is 5.56 Å². The second-order valence-corrected chi connectivity index (χ2v) is 3.96. The van der Waals surface area contributed by atoms with Crippen molar-refractivity contribution in [3.05, 3.63) is 29.1 Å². The van der Waals surface area contributed by atoms with Gasteiger partial charge in [-0.3, -0.25) is 0 Å². The van der Waals surface area contributed by atoms with Crippen LogP contribution in [0.4, 0.5) is 5.69 Å². The molecule has 1 aromatic heterocycles. The van der Waals surface area contributed by atoms with Crippen LogP contribution in [0, 0.1) is 0 Å². The second kappa shape index (κ2) is 3.36. The summed E-state index contributed by atoms with van der Waals surface area (Å²) >= 11 is 1.77. The molecule has 2 aromatic rings. The Morgan fingerprint density at radius 1 is 1.46 bits per heavy atom. The minimum absolute atomic E-state index is 0.836. The molecule has 1 aromatic carbocycles. The van der Waals surface area contributed by atoms with E-state index in [4.69, 9.17) is 5.73 Å². The normalized spacial score (nSPS) is 10.8. The monoisotopic (exact) mass is 192 g/mol. The Morgan fingerprint density at radius 3 is 3.08 bits per heavy atom. The van der Waals surface area contributed by atoms with E-state index in [0.29, 0.717) is 0 Å². The van der Waals surface area contributed by atoms with Crippen LogP contribution in [0.25, 0.3) is 10.1 Å². The molecule has 0 fully saturated rings. The van der Waals surface area contributed by atoms with Gasteiger partial charge in [-0.25, -0.2) is 0 Å². The summed E-state index contributed by atoms with van der Waals surface area (Å²) in [6, 6.07) is 6.06. The van der Waals surface area contributed by atoms with E-state index in [9.17, 15) is 0 Å². The maximum absolute atomic E-state index is 5.73. The summed E-state index contributed by atoms with van der Waals surface area (Å²) in [7, 11) is 1.95. The highest BCUT2D eigenvalue weighted by Crippen LogP contribution is 2.27. The van der Waals surface area contributed by atoms with E-state index in [-0.39, 0.29) is 0 Å². The lowest BCUT2D eigenvalue weighted by Gasteiger charge is -1.98. The first kappa shape index (κ1) is 8.53. The van der Waals surface area contributed by atoms with E-state index >= 15 is 0 Å². The van der Waals surface area contributed by atoms with Gasteiger partial charge in [-0.15, -0.1) is 11.3 Å². The van der Waals surface area contributed by atoms with Crippen LogP contribution in [-0.4, -0.2) is 7.05 Å². The number of hydrogen-bond donors (Lipinski definition) is 2. The number of nitrogens with two attached hydrogens (primary N) is 1. The fraction of sp³-hybridized carbons (Fsp3) is 0.200. The number of fused-ring (bicyclic) bond motifs is 1. The van der Waals surface area contributed by atoms with E-state index in [1.807, 2.05) is 19.2 Å². The molecule has 0 spiro atoms. The molecule has 0 saturated heterocycles. The number of nitrogen functional groups attached to an aromatic ring is 1. The Morgan fingerprint density at radius 2 is 2.31 bits per heavy atom. The predicted octanol–water partition coefficient (Wildman–Crippen LogP) is 2.20. The first-order chi connectivity index (χ1) is 6.31.